The number of amides is 2. The third kappa shape index (κ3) is 3.37. The van der Waals surface area contributed by atoms with E-state index in [0.717, 1.165) is 12.0 Å². The van der Waals surface area contributed by atoms with Crippen LogP contribution in [0.5, 0.6) is 0 Å². The number of esters is 1. The van der Waals surface area contributed by atoms with Crippen LogP contribution in [0.15, 0.2) is 34.9 Å². The summed E-state index contributed by atoms with van der Waals surface area (Å²) in [6.07, 6.45) is 1.41. The molecular formula is C18H20N4O5. The molecule has 9 heteroatoms. The molecule has 1 unspecified atom stereocenters. The van der Waals surface area contributed by atoms with Crippen molar-refractivity contribution in [3.8, 4) is 0 Å². The number of rotatable bonds is 6. The largest absolute Gasteiger partial charge is 0.460 e. The maximum absolute atomic E-state index is 12.8. The Balaban J connectivity index is 1.44. The van der Waals surface area contributed by atoms with Crippen molar-refractivity contribution in [2.24, 2.45) is 0 Å². The van der Waals surface area contributed by atoms with Crippen LogP contribution in [0.3, 0.4) is 0 Å². The molecule has 9 nitrogen and oxygen atoms in total. The smallest absolute Gasteiger partial charge is 0.379 e. The van der Waals surface area contributed by atoms with Crippen molar-refractivity contribution in [2.75, 3.05) is 13.2 Å². The Morgan fingerprint density at radius 3 is 2.89 bits per heavy atom. The number of benzene rings is 1. The lowest BCUT2D eigenvalue weighted by molar-refractivity contribution is -0.140. The first kappa shape index (κ1) is 17.5. The van der Waals surface area contributed by atoms with E-state index in [4.69, 9.17) is 14.1 Å². The first-order valence-electron chi connectivity index (χ1n) is 8.94. The van der Waals surface area contributed by atoms with Crippen molar-refractivity contribution in [1.82, 2.24) is 20.1 Å². The highest BCUT2D eigenvalue weighted by Gasteiger charge is 2.48. The van der Waals surface area contributed by atoms with Crippen LogP contribution in [0.4, 0.5) is 4.79 Å². The van der Waals surface area contributed by atoms with Gasteiger partial charge < -0.3 is 14.2 Å². The molecule has 0 saturated carbocycles. The molecule has 2 amide bonds. The highest BCUT2D eigenvalue weighted by atomic mass is 16.7. The minimum absolute atomic E-state index is 0.00934. The number of ether oxygens (including phenoxy) is 1. The molecule has 2 saturated heterocycles. The van der Waals surface area contributed by atoms with E-state index >= 15 is 0 Å². The minimum atomic E-state index is -0.637. The minimum Gasteiger partial charge on any atom is -0.460 e. The zero-order valence-corrected chi connectivity index (χ0v) is 14.9. The molecule has 0 aliphatic carbocycles. The molecule has 1 aromatic heterocycles. The van der Waals surface area contributed by atoms with Gasteiger partial charge in [0.05, 0.1) is 12.6 Å². The Labute approximate surface area is 155 Å². The van der Waals surface area contributed by atoms with Gasteiger partial charge in [-0.1, -0.05) is 30.3 Å². The fourth-order valence-electron chi connectivity index (χ4n) is 3.42. The SMILES string of the molecule is CCOC(=O)c1noc(C2CC[C@@H]3CN2C(=O)N3OCc2ccccc2)n1. The zero-order valence-electron chi connectivity index (χ0n) is 14.9. The topological polar surface area (TPSA) is 98.0 Å². The number of aromatic nitrogens is 2. The van der Waals surface area contributed by atoms with Crippen LogP contribution in [0, 0.1) is 0 Å². The fraction of sp³-hybridized carbons (Fsp3) is 0.444. The standard InChI is InChI=1S/C18H20N4O5/c1-2-25-17(23)15-19-16(27-20-15)14-9-8-13-10-21(14)18(24)22(13)26-11-12-6-4-3-5-7-12/h3-7,13-14H,2,8-11H2,1H3/t13-,14?/m1/s1. The second kappa shape index (κ2) is 7.36. The number of hydroxylamine groups is 2. The van der Waals surface area contributed by atoms with Crippen LogP contribution in [0.1, 0.15) is 47.9 Å². The summed E-state index contributed by atoms with van der Waals surface area (Å²) in [4.78, 5) is 36.0. The van der Waals surface area contributed by atoms with Gasteiger partial charge in [-0.15, -0.1) is 0 Å². The van der Waals surface area contributed by atoms with Crippen molar-refractivity contribution in [2.45, 2.75) is 38.5 Å². The van der Waals surface area contributed by atoms with E-state index in [9.17, 15) is 9.59 Å². The van der Waals surface area contributed by atoms with Gasteiger partial charge in [0.1, 0.15) is 12.6 Å². The molecule has 2 aliphatic heterocycles. The van der Waals surface area contributed by atoms with Crippen molar-refractivity contribution in [3.05, 3.63) is 47.6 Å². The summed E-state index contributed by atoms with van der Waals surface area (Å²) >= 11 is 0. The summed E-state index contributed by atoms with van der Waals surface area (Å²) < 4.78 is 10.1. The summed E-state index contributed by atoms with van der Waals surface area (Å²) in [6, 6.07) is 9.09. The number of hydrogen-bond donors (Lipinski definition) is 0. The van der Waals surface area contributed by atoms with Crippen LogP contribution in [0.25, 0.3) is 0 Å². The normalized spacial score (nSPS) is 21.6. The number of nitrogens with zero attached hydrogens (tertiary/aromatic N) is 4. The molecule has 3 heterocycles. The van der Waals surface area contributed by atoms with Gasteiger partial charge in [0.15, 0.2) is 0 Å². The second-order valence-electron chi connectivity index (χ2n) is 6.44. The summed E-state index contributed by atoms with van der Waals surface area (Å²) in [5.74, 6) is -0.519. The maximum atomic E-state index is 12.8. The third-order valence-electron chi connectivity index (χ3n) is 4.72. The Morgan fingerprint density at radius 2 is 2.11 bits per heavy atom. The van der Waals surface area contributed by atoms with E-state index in [1.807, 2.05) is 30.3 Å². The van der Waals surface area contributed by atoms with Gasteiger partial charge >= 0.3 is 12.0 Å². The molecule has 142 valence electrons. The average molecular weight is 372 g/mol. The van der Waals surface area contributed by atoms with Gasteiger partial charge in [-0.3, -0.25) is 4.84 Å². The molecule has 4 rings (SSSR count). The Bertz CT molecular complexity index is 824. The lowest BCUT2D eigenvalue weighted by Crippen LogP contribution is -2.34. The molecule has 1 aromatic carbocycles. The van der Waals surface area contributed by atoms with E-state index in [-0.39, 0.29) is 36.4 Å². The first-order chi connectivity index (χ1) is 13.2. The number of fused-ring (bicyclic) bond motifs is 2. The predicted octanol–water partition coefficient (Wildman–Crippen LogP) is 2.32. The first-order valence-corrected chi connectivity index (χ1v) is 8.94. The predicted molar refractivity (Wildman–Crippen MR) is 91.2 cm³/mol. The van der Waals surface area contributed by atoms with Gasteiger partial charge in [-0.2, -0.15) is 10.0 Å². The van der Waals surface area contributed by atoms with E-state index in [2.05, 4.69) is 10.1 Å². The van der Waals surface area contributed by atoms with Crippen LogP contribution < -0.4 is 0 Å². The maximum Gasteiger partial charge on any atom is 0.379 e. The Hall–Kier alpha value is -2.94. The molecular weight excluding hydrogens is 352 g/mol. The average Bonchev–Trinajstić information content (AvgIpc) is 3.27. The van der Waals surface area contributed by atoms with Crippen LogP contribution in [-0.2, 0) is 16.2 Å². The highest BCUT2D eigenvalue weighted by molar-refractivity contribution is 5.84. The number of piperidine rings is 1. The summed E-state index contributed by atoms with van der Waals surface area (Å²) in [5, 5.41) is 5.11. The van der Waals surface area contributed by atoms with Crippen LogP contribution in [-0.4, -0.2) is 51.3 Å². The molecule has 2 aromatic rings. The molecule has 27 heavy (non-hydrogen) atoms. The van der Waals surface area contributed by atoms with E-state index in [1.54, 1.807) is 11.8 Å². The van der Waals surface area contributed by atoms with Crippen molar-refractivity contribution >= 4 is 12.0 Å². The van der Waals surface area contributed by atoms with Crippen LogP contribution in [0.2, 0.25) is 0 Å². The number of carbonyl (C=O) groups is 2. The molecule has 2 bridgehead atoms. The molecule has 0 N–H and O–H groups in total. The van der Waals surface area contributed by atoms with Crippen molar-refractivity contribution in [1.29, 1.82) is 0 Å². The molecule has 2 fully saturated rings. The second-order valence-corrected chi connectivity index (χ2v) is 6.44. The lowest BCUT2D eigenvalue weighted by atomic mass is 10.0. The quantitative estimate of drug-likeness (QED) is 0.718. The molecule has 0 radical (unpaired) electrons. The summed E-state index contributed by atoms with van der Waals surface area (Å²) in [6.45, 7) is 2.78. The lowest BCUT2D eigenvalue weighted by Gasteiger charge is -2.27. The monoisotopic (exact) mass is 372 g/mol. The van der Waals surface area contributed by atoms with E-state index in [0.29, 0.717) is 19.6 Å². The fourth-order valence-corrected chi connectivity index (χ4v) is 3.42. The van der Waals surface area contributed by atoms with Gasteiger partial charge in [-0.25, -0.2) is 9.59 Å². The van der Waals surface area contributed by atoms with Gasteiger partial charge in [-0.05, 0) is 30.5 Å². The third-order valence-corrected chi connectivity index (χ3v) is 4.72. The van der Waals surface area contributed by atoms with Gasteiger partial charge in [0.2, 0.25) is 5.89 Å². The van der Waals surface area contributed by atoms with Gasteiger partial charge in [0.25, 0.3) is 5.82 Å². The molecule has 2 atom stereocenters. The zero-order chi connectivity index (χ0) is 18.8. The van der Waals surface area contributed by atoms with Gasteiger partial charge in [0, 0.05) is 6.54 Å². The number of urea groups is 1. The highest BCUT2D eigenvalue weighted by Crippen LogP contribution is 2.38. The number of carbonyl (C=O) groups excluding carboxylic acids is 2. The summed E-state index contributed by atoms with van der Waals surface area (Å²) in [7, 11) is 0. The van der Waals surface area contributed by atoms with Crippen molar-refractivity contribution in [3.63, 3.8) is 0 Å². The van der Waals surface area contributed by atoms with E-state index < -0.39 is 5.97 Å². The molecule has 2 aliphatic rings. The summed E-state index contributed by atoms with van der Waals surface area (Å²) in [5.41, 5.74) is 0.995. The Morgan fingerprint density at radius 1 is 1.30 bits per heavy atom. The van der Waals surface area contributed by atoms with Crippen LogP contribution >= 0.6 is 0 Å². The van der Waals surface area contributed by atoms with E-state index in [1.165, 1.54) is 5.06 Å². The Kier molecular flexibility index (Phi) is 4.76. The number of hydrogen-bond acceptors (Lipinski definition) is 7. The molecule has 0 spiro atoms. The van der Waals surface area contributed by atoms with Crippen molar-refractivity contribution < 1.29 is 23.7 Å².